The molecule has 1 atom stereocenters. The Labute approximate surface area is 111 Å². The lowest BCUT2D eigenvalue weighted by atomic mass is 10.1. The highest BCUT2D eigenvalue weighted by atomic mass is 32.2. The molecule has 0 aliphatic carbocycles. The van der Waals surface area contributed by atoms with Crippen molar-refractivity contribution in [3.8, 4) is 0 Å². The van der Waals surface area contributed by atoms with Gasteiger partial charge in [-0.1, -0.05) is 0 Å². The minimum absolute atomic E-state index is 0.224. The van der Waals surface area contributed by atoms with Crippen molar-refractivity contribution in [2.24, 2.45) is 4.99 Å². The van der Waals surface area contributed by atoms with Crippen LogP contribution in [0.25, 0.3) is 0 Å². The number of nitrogens with zero attached hydrogens (tertiary/aromatic N) is 3. The molecule has 1 aromatic heterocycles. The lowest BCUT2D eigenvalue weighted by molar-refractivity contribution is 0.316. The van der Waals surface area contributed by atoms with E-state index in [0.717, 1.165) is 0 Å². The summed E-state index contributed by atoms with van der Waals surface area (Å²) in [6.07, 6.45) is 2.90. The van der Waals surface area contributed by atoms with Crippen LogP contribution in [0.2, 0.25) is 0 Å². The summed E-state index contributed by atoms with van der Waals surface area (Å²) in [4.78, 5) is 14.2. The zero-order chi connectivity index (χ0) is 14.0. The van der Waals surface area contributed by atoms with E-state index < -0.39 is 10.0 Å². The molecule has 1 aliphatic heterocycles. The van der Waals surface area contributed by atoms with Crippen LogP contribution in [-0.2, 0) is 14.8 Å². The fourth-order valence-corrected chi connectivity index (χ4v) is 4.22. The second-order valence-electron chi connectivity index (χ2n) is 4.64. The van der Waals surface area contributed by atoms with Crippen LogP contribution >= 0.6 is 0 Å². The predicted octanol–water partition coefficient (Wildman–Crippen LogP) is 0.515. The van der Waals surface area contributed by atoms with Gasteiger partial charge in [0.1, 0.15) is 4.90 Å². The predicted molar refractivity (Wildman–Crippen MR) is 68.0 cm³/mol. The summed E-state index contributed by atoms with van der Waals surface area (Å²) < 4.78 is 26.5. The smallest absolute Gasteiger partial charge is 0.246 e. The SMILES string of the molecule is Cc1n[nH]c(C)c1S(=O)(=O)N1CCCC(N=C=O)C1. The van der Waals surface area contributed by atoms with Crippen molar-refractivity contribution in [3.63, 3.8) is 0 Å². The number of nitrogens with one attached hydrogen (secondary N) is 1. The topological polar surface area (TPSA) is 95.5 Å². The number of hydrogen-bond donors (Lipinski definition) is 1. The van der Waals surface area contributed by atoms with Crippen molar-refractivity contribution >= 4 is 16.1 Å². The van der Waals surface area contributed by atoms with Crippen LogP contribution in [0.3, 0.4) is 0 Å². The number of aromatic nitrogens is 2. The van der Waals surface area contributed by atoms with Gasteiger partial charge in [-0.05, 0) is 26.7 Å². The average Bonchev–Trinajstić information content (AvgIpc) is 2.70. The average molecular weight is 284 g/mol. The van der Waals surface area contributed by atoms with Gasteiger partial charge in [0.25, 0.3) is 0 Å². The van der Waals surface area contributed by atoms with Crippen LogP contribution in [0, 0.1) is 13.8 Å². The number of aromatic amines is 1. The van der Waals surface area contributed by atoms with Gasteiger partial charge in [-0.3, -0.25) is 5.10 Å². The molecule has 1 N–H and O–H groups in total. The molecule has 19 heavy (non-hydrogen) atoms. The molecule has 1 aromatic rings. The van der Waals surface area contributed by atoms with E-state index in [2.05, 4.69) is 15.2 Å². The summed E-state index contributed by atoms with van der Waals surface area (Å²) in [5.41, 5.74) is 0.983. The Morgan fingerprint density at radius 1 is 1.47 bits per heavy atom. The molecule has 1 unspecified atom stereocenters. The number of isocyanates is 1. The third-order valence-electron chi connectivity index (χ3n) is 3.25. The van der Waals surface area contributed by atoms with E-state index in [-0.39, 0.29) is 17.5 Å². The van der Waals surface area contributed by atoms with Crippen molar-refractivity contribution in [2.75, 3.05) is 13.1 Å². The van der Waals surface area contributed by atoms with E-state index in [1.165, 1.54) is 10.4 Å². The third-order valence-corrected chi connectivity index (χ3v) is 5.38. The molecule has 0 aromatic carbocycles. The standard InChI is InChI=1S/C11H16N4O3S/c1-8-11(9(2)14-13-8)19(17,18)15-5-3-4-10(6-15)12-7-16/h10H,3-6H2,1-2H3,(H,13,14). The van der Waals surface area contributed by atoms with Crippen molar-refractivity contribution < 1.29 is 13.2 Å². The van der Waals surface area contributed by atoms with Gasteiger partial charge in [-0.15, -0.1) is 0 Å². The molecule has 0 saturated carbocycles. The van der Waals surface area contributed by atoms with Crippen molar-refractivity contribution in [1.82, 2.24) is 14.5 Å². The second-order valence-corrected chi connectivity index (χ2v) is 6.52. The summed E-state index contributed by atoms with van der Waals surface area (Å²) in [6, 6.07) is -0.298. The first-order valence-corrected chi connectivity index (χ1v) is 7.49. The summed E-state index contributed by atoms with van der Waals surface area (Å²) in [7, 11) is -3.58. The molecule has 0 amide bonds. The highest BCUT2D eigenvalue weighted by Gasteiger charge is 2.33. The minimum Gasteiger partial charge on any atom is -0.281 e. The molecule has 7 nitrogen and oxygen atoms in total. The Bertz CT molecular complexity index is 596. The molecule has 2 rings (SSSR count). The minimum atomic E-state index is -3.58. The van der Waals surface area contributed by atoms with Gasteiger partial charge in [-0.2, -0.15) is 9.40 Å². The lowest BCUT2D eigenvalue weighted by Crippen LogP contribution is -2.41. The van der Waals surface area contributed by atoms with Gasteiger partial charge in [0.2, 0.25) is 16.1 Å². The summed E-state index contributed by atoms with van der Waals surface area (Å²) in [5.74, 6) is 0. The Hall–Kier alpha value is -1.50. The van der Waals surface area contributed by atoms with Gasteiger partial charge >= 0.3 is 0 Å². The molecule has 0 bridgehead atoms. The summed E-state index contributed by atoms with van der Waals surface area (Å²) >= 11 is 0. The molecule has 1 fully saturated rings. The van der Waals surface area contributed by atoms with Gasteiger partial charge in [0, 0.05) is 13.1 Å². The maximum absolute atomic E-state index is 12.6. The lowest BCUT2D eigenvalue weighted by Gasteiger charge is -2.29. The maximum Gasteiger partial charge on any atom is 0.246 e. The van der Waals surface area contributed by atoms with Gasteiger partial charge in [0.05, 0.1) is 17.4 Å². The molecule has 1 aliphatic rings. The highest BCUT2D eigenvalue weighted by Crippen LogP contribution is 2.25. The van der Waals surface area contributed by atoms with Gasteiger partial charge < -0.3 is 0 Å². The Balaban J connectivity index is 2.32. The van der Waals surface area contributed by atoms with E-state index in [0.29, 0.717) is 30.8 Å². The van der Waals surface area contributed by atoms with Crippen LogP contribution in [-0.4, -0.2) is 48.1 Å². The molecule has 2 heterocycles. The Morgan fingerprint density at radius 3 is 2.79 bits per heavy atom. The summed E-state index contributed by atoms with van der Waals surface area (Å²) in [6.45, 7) is 4.00. The van der Waals surface area contributed by atoms with Crippen LogP contribution in [0.5, 0.6) is 0 Å². The molecular formula is C11H16N4O3S. The zero-order valence-electron chi connectivity index (χ0n) is 10.9. The molecule has 8 heteroatoms. The Morgan fingerprint density at radius 2 is 2.21 bits per heavy atom. The fourth-order valence-electron chi connectivity index (χ4n) is 2.37. The fraction of sp³-hybridized carbons (Fsp3) is 0.636. The molecular weight excluding hydrogens is 268 g/mol. The quantitative estimate of drug-likeness (QED) is 0.646. The molecule has 0 spiro atoms. The molecule has 1 saturated heterocycles. The third kappa shape index (κ3) is 2.60. The first-order chi connectivity index (χ1) is 8.96. The van der Waals surface area contributed by atoms with Crippen molar-refractivity contribution in [2.45, 2.75) is 37.6 Å². The van der Waals surface area contributed by atoms with E-state index in [1.54, 1.807) is 13.8 Å². The van der Waals surface area contributed by atoms with Gasteiger partial charge in [0.15, 0.2) is 0 Å². The van der Waals surface area contributed by atoms with Crippen molar-refractivity contribution in [1.29, 1.82) is 0 Å². The number of sulfonamides is 1. The first-order valence-electron chi connectivity index (χ1n) is 6.05. The van der Waals surface area contributed by atoms with E-state index >= 15 is 0 Å². The summed E-state index contributed by atoms with van der Waals surface area (Å²) in [5, 5.41) is 6.59. The Kier molecular flexibility index (Phi) is 3.84. The number of aliphatic imine (C=N–C) groups is 1. The number of hydrogen-bond acceptors (Lipinski definition) is 5. The normalized spacial score (nSPS) is 21.1. The number of carbonyl (C=O) groups excluding carboxylic acids is 1. The second kappa shape index (κ2) is 5.24. The maximum atomic E-state index is 12.6. The van der Waals surface area contributed by atoms with Crippen LogP contribution in [0.15, 0.2) is 9.89 Å². The largest absolute Gasteiger partial charge is 0.281 e. The number of piperidine rings is 1. The number of aryl methyl sites for hydroxylation is 2. The molecule has 0 radical (unpaired) electrons. The van der Waals surface area contributed by atoms with Crippen LogP contribution in [0.1, 0.15) is 24.2 Å². The monoisotopic (exact) mass is 284 g/mol. The highest BCUT2D eigenvalue weighted by molar-refractivity contribution is 7.89. The van der Waals surface area contributed by atoms with Gasteiger partial charge in [-0.25, -0.2) is 18.2 Å². The number of rotatable bonds is 3. The first kappa shape index (κ1) is 13.9. The number of H-pyrrole nitrogens is 1. The van der Waals surface area contributed by atoms with E-state index in [9.17, 15) is 13.2 Å². The van der Waals surface area contributed by atoms with E-state index in [1.807, 2.05) is 0 Å². The van der Waals surface area contributed by atoms with Crippen molar-refractivity contribution in [3.05, 3.63) is 11.4 Å². The molecule has 104 valence electrons. The zero-order valence-corrected chi connectivity index (χ0v) is 11.7. The van der Waals surface area contributed by atoms with E-state index in [4.69, 9.17) is 0 Å². The van der Waals surface area contributed by atoms with Crippen LogP contribution < -0.4 is 0 Å². The van der Waals surface area contributed by atoms with Crippen LogP contribution in [0.4, 0.5) is 0 Å².